The van der Waals surface area contributed by atoms with Gasteiger partial charge in [0.05, 0.1) is 14.2 Å². The normalized spacial score (nSPS) is 19.2. The second-order valence-electron chi connectivity index (χ2n) is 8.91. The van der Waals surface area contributed by atoms with Crippen LogP contribution in [0.2, 0.25) is 0 Å². The van der Waals surface area contributed by atoms with E-state index in [1.807, 2.05) is 12.1 Å². The Labute approximate surface area is 197 Å². The van der Waals surface area contributed by atoms with E-state index in [1.54, 1.807) is 19.2 Å². The van der Waals surface area contributed by atoms with E-state index in [4.69, 9.17) is 9.47 Å². The van der Waals surface area contributed by atoms with Crippen LogP contribution in [0.3, 0.4) is 0 Å². The summed E-state index contributed by atoms with van der Waals surface area (Å²) < 4.78 is 10.2. The first-order chi connectivity index (χ1) is 16.4. The van der Waals surface area contributed by atoms with E-state index < -0.39 is 29.9 Å². The average molecular weight is 471 g/mol. The summed E-state index contributed by atoms with van der Waals surface area (Å²) in [5, 5.41) is 9.02. The summed E-state index contributed by atoms with van der Waals surface area (Å²) in [5.41, 5.74) is 1.05. The molecular formula is C24H30N4O6. The molecule has 3 atom stereocenters. The number of carbonyl (C=O) groups is 4. The second kappa shape index (κ2) is 10.1. The van der Waals surface area contributed by atoms with Crippen LogP contribution in [0.4, 0.5) is 0 Å². The molecule has 1 aromatic carbocycles. The van der Waals surface area contributed by atoms with E-state index >= 15 is 0 Å². The number of hydrogen-bond acceptors (Lipinski definition) is 6. The summed E-state index contributed by atoms with van der Waals surface area (Å²) in [7, 11) is 2.80. The van der Waals surface area contributed by atoms with Crippen LogP contribution >= 0.6 is 0 Å². The monoisotopic (exact) mass is 470 g/mol. The van der Waals surface area contributed by atoms with Gasteiger partial charge in [-0.05, 0) is 43.4 Å². The second-order valence-corrected chi connectivity index (χ2v) is 8.91. The molecule has 4 N–H and O–H groups in total. The van der Waals surface area contributed by atoms with Crippen molar-refractivity contribution < 1.29 is 28.7 Å². The Kier molecular flexibility index (Phi) is 7.04. The van der Waals surface area contributed by atoms with Crippen molar-refractivity contribution in [3.05, 3.63) is 30.0 Å². The largest absolute Gasteiger partial charge is 0.496 e. The summed E-state index contributed by atoms with van der Waals surface area (Å²) in [4.78, 5) is 53.6. The van der Waals surface area contributed by atoms with Crippen LogP contribution in [0.5, 0.6) is 5.75 Å². The smallest absolute Gasteiger partial charge is 0.328 e. The van der Waals surface area contributed by atoms with Gasteiger partial charge in [0.2, 0.25) is 11.8 Å². The van der Waals surface area contributed by atoms with E-state index in [-0.39, 0.29) is 18.2 Å². The maximum atomic E-state index is 13.2. The molecule has 2 fully saturated rings. The van der Waals surface area contributed by atoms with Gasteiger partial charge in [-0.2, -0.15) is 0 Å². The highest BCUT2D eigenvalue weighted by molar-refractivity contribution is 6.01. The van der Waals surface area contributed by atoms with Crippen molar-refractivity contribution in [1.29, 1.82) is 0 Å². The van der Waals surface area contributed by atoms with Crippen molar-refractivity contribution in [3.8, 4) is 5.75 Å². The molecule has 1 aromatic heterocycles. The highest BCUT2D eigenvalue weighted by Gasteiger charge is 2.35. The van der Waals surface area contributed by atoms with Crippen molar-refractivity contribution >= 4 is 34.6 Å². The molecule has 10 nitrogen and oxygen atoms in total. The fourth-order valence-electron chi connectivity index (χ4n) is 4.37. The molecule has 1 saturated heterocycles. The lowest BCUT2D eigenvalue weighted by Gasteiger charge is -2.23. The summed E-state index contributed by atoms with van der Waals surface area (Å²) >= 11 is 0. The number of aromatic amines is 1. The molecule has 34 heavy (non-hydrogen) atoms. The lowest BCUT2D eigenvalue weighted by molar-refractivity contribution is -0.146. The Morgan fingerprint density at radius 2 is 1.88 bits per heavy atom. The first-order valence-corrected chi connectivity index (χ1v) is 11.5. The van der Waals surface area contributed by atoms with Crippen LogP contribution in [0.1, 0.15) is 42.6 Å². The molecule has 0 radical (unpaired) electrons. The predicted octanol–water partition coefficient (Wildman–Crippen LogP) is 1.26. The Morgan fingerprint density at radius 3 is 2.53 bits per heavy atom. The topological polar surface area (TPSA) is 139 Å². The first kappa shape index (κ1) is 23.6. The minimum atomic E-state index is -0.970. The van der Waals surface area contributed by atoms with Gasteiger partial charge in [0.1, 0.15) is 23.5 Å². The van der Waals surface area contributed by atoms with E-state index in [2.05, 4.69) is 20.9 Å². The third-order valence-corrected chi connectivity index (χ3v) is 6.46. The molecule has 182 valence electrons. The quantitative estimate of drug-likeness (QED) is 0.386. The van der Waals surface area contributed by atoms with Crippen LogP contribution < -0.4 is 20.7 Å². The van der Waals surface area contributed by atoms with Crippen molar-refractivity contribution in [2.75, 3.05) is 20.8 Å². The third-order valence-electron chi connectivity index (χ3n) is 6.46. The third kappa shape index (κ3) is 5.32. The zero-order chi connectivity index (χ0) is 24.2. The number of ether oxygens (including phenoxy) is 2. The predicted molar refractivity (Wildman–Crippen MR) is 123 cm³/mol. The average Bonchev–Trinajstić information content (AvgIpc) is 3.39. The summed E-state index contributed by atoms with van der Waals surface area (Å²) in [6.07, 6.45) is 3.20. The molecule has 1 aliphatic carbocycles. The number of hydrogen-bond donors (Lipinski definition) is 4. The lowest BCUT2D eigenvalue weighted by atomic mass is 9.97. The van der Waals surface area contributed by atoms with Gasteiger partial charge in [0, 0.05) is 23.4 Å². The van der Waals surface area contributed by atoms with Crippen molar-refractivity contribution in [2.45, 2.75) is 44.2 Å². The number of esters is 1. The summed E-state index contributed by atoms with van der Waals surface area (Å²) in [6.45, 7) is 0.543. The zero-order valence-electron chi connectivity index (χ0n) is 19.3. The fourth-order valence-corrected chi connectivity index (χ4v) is 4.37. The number of rotatable bonds is 10. The Hall–Kier alpha value is -3.56. The van der Waals surface area contributed by atoms with Gasteiger partial charge in [-0.15, -0.1) is 0 Å². The number of aromatic nitrogens is 1. The first-order valence-electron chi connectivity index (χ1n) is 11.5. The summed E-state index contributed by atoms with van der Waals surface area (Å²) in [6, 6.07) is 5.36. The molecule has 0 bridgehead atoms. The minimum Gasteiger partial charge on any atom is -0.496 e. The molecule has 2 heterocycles. The lowest BCUT2D eigenvalue weighted by Crippen LogP contribution is -2.52. The number of carbonyl (C=O) groups excluding carboxylic acids is 4. The summed E-state index contributed by atoms with van der Waals surface area (Å²) in [5.74, 6) is -1.05. The molecule has 0 spiro atoms. The molecule has 1 aliphatic heterocycles. The molecule has 3 amide bonds. The molecule has 2 aromatic rings. The number of fused-ring (bicyclic) bond motifs is 1. The van der Waals surface area contributed by atoms with Gasteiger partial charge >= 0.3 is 5.97 Å². The van der Waals surface area contributed by atoms with Gasteiger partial charge in [0.25, 0.3) is 5.91 Å². The van der Waals surface area contributed by atoms with Crippen LogP contribution in [0, 0.1) is 11.8 Å². The number of benzene rings is 1. The SMILES string of the molecule is COC(=O)[C@H](C[C@@H]1CCNC1=O)NC(=O)[C@H](CC1CC1)NC(=O)c1cc2c(OC)cccc2[nH]1. The maximum Gasteiger partial charge on any atom is 0.328 e. The molecular weight excluding hydrogens is 440 g/mol. The van der Waals surface area contributed by atoms with E-state index in [9.17, 15) is 19.2 Å². The van der Waals surface area contributed by atoms with Gasteiger partial charge in [-0.3, -0.25) is 14.4 Å². The molecule has 2 aliphatic rings. The number of nitrogens with one attached hydrogen (secondary N) is 4. The van der Waals surface area contributed by atoms with Crippen LogP contribution in [0.15, 0.2) is 24.3 Å². The number of methoxy groups -OCH3 is 2. The van der Waals surface area contributed by atoms with Crippen molar-refractivity contribution in [1.82, 2.24) is 20.9 Å². The van der Waals surface area contributed by atoms with Gasteiger partial charge in [0.15, 0.2) is 0 Å². The van der Waals surface area contributed by atoms with Gasteiger partial charge in [-0.1, -0.05) is 18.9 Å². The van der Waals surface area contributed by atoms with E-state index in [0.29, 0.717) is 36.7 Å². The Morgan fingerprint density at radius 1 is 1.09 bits per heavy atom. The zero-order valence-corrected chi connectivity index (χ0v) is 19.3. The Bertz CT molecular complexity index is 1090. The fraction of sp³-hybridized carbons (Fsp3) is 0.500. The van der Waals surface area contributed by atoms with E-state index in [1.165, 1.54) is 7.11 Å². The highest BCUT2D eigenvalue weighted by atomic mass is 16.5. The minimum absolute atomic E-state index is 0.139. The number of amides is 3. The molecule has 1 saturated carbocycles. The van der Waals surface area contributed by atoms with Crippen molar-refractivity contribution in [3.63, 3.8) is 0 Å². The van der Waals surface area contributed by atoms with E-state index in [0.717, 1.165) is 23.7 Å². The highest BCUT2D eigenvalue weighted by Crippen LogP contribution is 2.34. The molecule has 0 unspecified atom stereocenters. The van der Waals surface area contributed by atoms with Crippen LogP contribution in [0.25, 0.3) is 10.9 Å². The van der Waals surface area contributed by atoms with Gasteiger partial charge in [-0.25, -0.2) is 4.79 Å². The van der Waals surface area contributed by atoms with Crippen LogP contribution in [-0.2, 0) is 19.1 Å². The molecule has 10 heteroatoms. The molecule has 4 rings (SSSR count). The van der Waals surface area contributed by atoms with Crippen molar-refractivity contribution in [2.24, 2.45) is 11.8 Å². The maximum absolute atomic E-state index is 13.2. The van der Waals surface area contributed by atoms with Gasteiger partial charge < -0.3 is 30.4 Å². The van der Waals surface area contributed by atoms with Crippen LogP contribution in [-0.4, -0.2) is 61.5 Å². The standard InChI is InChI=1S/C24H30N4O6/c1-33-20-5-3-4-16-15(20)12-18(26-16)23(31)27-17(10-13-6-7-13)22(30)28-19(24(32)34-2)11-14-8-9-25-21(14)29/h3-5,12-14,17,19,26H,6-11H2,1-2H3,(H,25,29)(H,27,31)(H,28,30)/t14-,17-,19-/m0/s1. The Balaban J connectivity index is 1.47. The number of H-pyrrole nitrogens is 1.